The lowest BCUT2D eigenvalue weighted by atomic mass is 10.1. The normalized spacial score (nSPS) is 35.5. The Morgan fingerprint density at radius 2 is 2.18 bits per heavy atom. The molecule has 1 aromatic heterocycles. The molecule has 1 saturated heterocycles. The Hall–Kier alpha value is -1.48. The molecule has 0 radical (unpaired) electrons. The van der Waals surface area contributed by atoms with E-state index in [4.69, 9.17) is 7.48 Å². The maximum absolute atomic E-state index is 11.5. The molecule has 0 spiro atoms. The minimum absolute atomic E-state index is 0.650. The Labute approximate surface area is 97.5 Å². The van der Waals surface area contributed by atoms with Crippen LogP contribution in [0.15, 0.2) is 21.9 Å². The van der Waals surface area contributed by atoms with Gasteiger partial charge >= 0.3 is 5.69 Å². The van der Waals surface area contributed by atoms with Crippen LogP contribution in [0.1, 0.15) is 8.97 Å². The van der Waals surface area contributed by atoms with E-state index in [0.717, 1.165) is 16.8 Å². The lowest BCUT2D eigenvalue weighted by molar-refractivity contribution is -0.0550. The van der Waals surface area contributed by atoms with Crippen molar-refractivity contribution in [3.05, 3.63) is 33.1 Å². The van der Waals surface area contributed by atoms with Crippen LogP contribution in [0.5, 0.6) is 0 Å². The summed E-state index contributed by atoms with van der Waals surface area (Å²) in [5, 5.41) is 28.5. The van der Waals surface area contributed by atoms with Gasteiger partial charge in [0.25, 0.3) is 5.56 Å². The summed E-state index contributed by atoms with van der Waals surface area (Å²) in [5.74, 6) is 0. The van der Waals surface area contributed by atoms with Crippen LogP contribution < -0.4 is 11.2 Å². The first-order valence-electron chi connectivity index (χ1n) is 5.77. The minimum Gasteiger partial charge on any atom is -0.394 e. The van der Waals surface area contributed by atoms with E-state index in [9.17, 15) is 24.9 Å². The van der Waals surface area contributed by atoms with Crippen molar-refractivity contribution in [1.82, 2.24) is 9.55 Å². The quantitative estimate of drug-likeness (QED) is 0.445. The molecule has 0 aliphatic carbocycles. The van der Waals surface area contributed by atoms with Crippen molar-refractivity contribution in [3.8, 4) is 0 Å². The van der Waals surface area contributed by atoms with Crippen LogP contribution in [0, 0.1) is 0 Å². The molecular formula is C9H12N2O6. The summed E-state index contributed by atoms with van der Waals surface area (Å²) >= 11 is 0. The average molecular weight is 246 g/mol. The molecule has 0 bridgehead atoms. The Kier molecular flexibility index (Phi) is 2.48. The number of hydrogen-bond acceptors (Lipinski definition) is 6. The van der Waals surface area contributed by atoms with Crippen LogP contribution in [-0.4, -0.2) is 49.7 Å². The molecule has 1 aromatic rings. The van der Waals surface area contributed by atoms with Gasteiger partial charge in [-0.3, -0.25) is 14.3 Å². The smallest absolute Gasteiger partial charge is 0.330 e. The van der Waals surface area contributed by atoms with Crippen molar-refractivity contribution >= 4 is 0 Å². The summed E-state index contributed by atoms with van der Waals surface area (Å²) in [6.45, 7) is -2.89. The van der Waals surface area contributed by atoms with Crippen molar-refractivity contribution in [2.75, 3.05) is 6.56 Å². The fourth-order valence-corrected chi connectivity index (χ4v) is 1.62. The van der Waals surface area contributed by atoms with E-state index in [2.05, 4.69) is 0 Å². The largest absolute Gasteiger partial charge is 0.394 e. The molecule has 1 aliphatic heterocycles. The average Bonchev–Trinajstić information content (AvgIpc) is 2.56. The number of aliphatic hydroxyl groups excluding tert-OH is 2. The highest BCUT2D eigenvalue weighted by Gasteiger charge is 2.43. The van der Waals surface area contributed by atoms with Gasteiger partial charge in [-0.2, -0.15) is 0 Å². The zero-order valence-corrected chi connectivity index (χ0v) is 8.48. The number of ether oxygens (including phenoxy) is 1. The zero-order valence-electron chi connectivity index (χ0n) is 10.5. The van der Waals surface area contributed by atoms with Gasteiger partial charge in [0, 0.05) is 12.3 Å². The molecule has 4 atom stereocenters. The maximum atomic E-state index is 11.5. The molecule has 8 nitrogen and oxygen atoms in total. The molecule has 1 fully saturated rings. The van der Waals surface area contributed by atoms with Gasteiger partial charge in [-0.1, -0.05) is 0 Å². The molecule has 0 aromatic carbocycles. The molecule has 0 amide bonds. The summed E-state index contributed by atoms with van der Waals surface area (Å²) in [4.78, 5) is 24.3. The first-order chi connectivity index (χ1) is 8.71. The maximum Gasteiger partial charge on any atom is 0.330 e. The third kappa shape index (κ3) is 2.03. The van der Waals surface area contributed by atoms with Crippen LogP contribution in [0.2, 0.25) is 0 Å². The topological polar surface area (TPSA) is 125 Å². The fourth-order valence-electron chi connectivity index (χ4n) is 1.62. The van der Waals surface area contributed by atoms with Gasteiger partial charge in [0.2, 0.25) is 0 Å². The number of aromatic amines is 1. The van der Waals surface area contributed by atoms with Crippen LogP contribution in [0.25, 0.3) is 0 Å². The lowest BCUT2D eigenvalue weighted by Gasteiger charge is -2.16. The highest BCUT2D eigenvalue weighted by atomic mass is 16.6. The Morgan fingerprint density at radius 3 is 2.71 bits per heavy atom. The third-order valence-electron chi connectivity index (χ3n) is 2.49. The van der Waals surface area contributed by atoms with E-state index in [1.165, 1.54) is 0 Å². The van der Waals surface area contributed by atoms with E-state index in [1.807, 2.05) is 4.98 Å². The summed E-state index contributed by atoms with van der Waals surface area (Å²) < 4.78 is 19.9. The van der Waals surface area contributed by atoms with Crippen LogP contribution >= 0.6 is 0 Å². The Morgan fingerprint density at radius 1 is 1.47 bits per heavy atom. The number of aliphatic hydroxyl groups is 3. The first kappa shape index (κ1) is 9.54. The van der Waals surface area contributed by atoms with E-state index in [0.29, 0.717) is 0 Å². The standard InChI is InChI=1S/C9H12N2O6/c12-3-4-6(14)7(15)8(17-4)11-2-1-5(13)10-9(11)16/h1-2,4,6-8,12,14-15H,3H2,(H,10,13,16)/t4-,6-,7-,8-/m1/s1/i3D2. The molecule has 0 saturated carbocycles. The summed E-state index contributed by atoms with van der Waals surface area (Å²) in [6.07, 6.45) is -5.44. The second-order valence-electron chi connectivity index (χ2n) is 3.57. The second kappa shape index (κ2) is 4.41. The van der Waals surface area contributed by atoms with Gasteiger partial charge in [0.1, 0.15) is 18.3 Å². The van der Waals surface area contributed by atoms with Gasteiger partial charge in [-0.25, -0.2) is 4.79 Å². The van der Waals surface area contributed by atoms with E-state index in [1.54, 1.807) is 0 Å². The molecule has 2 heterocycles. The van der Waals surface area contributed by atoms with E-state index >= 15 is 0 Å². The molecule has 4 N–H and O–H groups in total. The highest BCUT2D eigenvalue weighted by molar-refractivity contribution is 4.92. The van der Waals surface area contributed by atoms with E-state index in [-0.39, 0.29) is 0 Å². The molecule has 1 aliphatic rings. The van der Waals surface area contributed by atoms with Gasteiger partial charge < -0.3 is 20.1 Å². The molecule has 8 heteroatoms. The number of nitrogens with one attached hydrogen (secondary N) is 1. The fraction of sp³-hybridized carbons (Fsp3) is 0.556. The highest BCUT2D eigenvalue weighted by Crippen LogP contribution is 2.27. The number of hydrogen-bond donors (Lipinski definition) is 4. The van der Waals surface area contributed by atoms with Crippen molar-refractivity contribution in [2.45, 2.75) is 24.5 Å². The van der Waals surface area contributed by atoms with Crippen molar-refractivity contribution < 1.29 is 22.8 Å². The minimum atomic E-state index is -2.89. The van der Waals surface area contributed by atoms with E-state index < -0.39 is 42.3 Å². The SMILES string of the molecule is [2H]C([2H])(O)[C@H]1O[C@@H](n2ccc(=O)[nH]c2=O)[C@H](O)[C@@H]1O. The zero-order chi connectivity index (χ0) is 14.4. The predicted octanol–water partition coefficient (Wildman–Crippen LogP) is -2.85. The van der Waals surface area contributed by atoms with Gasteiger partial charge in [-0.05, 0) is 0 Å². The van der Waals surface area contributed by atoms with Crippen LogP contribution in [0.4, 0.5) is 0 Å². The molecule has 2 rings (SSSR count). The number of nitrogens with zero attached hydrogens (tertiary/aromatic N) is 1. The van der Waals surface area contributed by atoms with Crippen molar-refractivity contribution in [1.29, 1.82) is 0 Å². The lowest BCUT2D eigenvalue weighted by Crippen LogP contribution is -2.37. The molecule has 17 heavy (non-hydrogen) atoms. The third-order valence-corrected chi connectivity index (χ3v) is 2.49. The van der Waals surface area contributed by atoms with Crippen LogP contribution in [0.3, 0.4) is 0 Å². The molecular weight excluding hydrogens is 232 g/mol. The number of aromatic nitrogens is 2. The molecule has 0 unspecified atom stereocenters. The predicted molar refractivity (Wildman–Crippen MR) is 54.3 cm³/mol. The van der Waals surface area contributed by atoms with Crippen molar-refractivity contribution in [2.24, 2.45) is 0 Å². The summed E-state index contributed by atoms with van der Waals surface area (Å²) in [5.41, 5.74) is -1.54. The Balaban J connectivity index is 2.37. The van der Waals surface area contributed by atoms with Gasteiger partial charge in [-0.15, -0.1) is 0 Å². The number of rotatable bonds is 2. The monoisotopic (exact) mass is 246 g/mol. The second-order valence-corrected chi connectivity index (χ2v) is 3.57. The number of H-pyrrole nitrogens is 1. The van der Waals surface area contributed by atoms with Crippen LogP contribution in [-0.2, 0) is 4.74 Å². The Bertz CT molecular complexity index is 579. The summed E-state index contributed by atoms with van der Waals surface area (Å²) in [6, 6.07) is 1.00. The van der Waals surface area contributed by atoms with Gasteiger partial charge in [0.15, 0.2) is 6.23 Å². The van der Waals surface area contributed by atoms with Crippen molar-refractivity contribution in [3.63, 3.8) is 0 Å². The summed E-state index contributed by atoms with van der Waals surface area (Å²) in [7, 11) is 0. The van der Waals surface area contributed by atoms with Gasteiger partial charge in [0.05, 0.1) is 9.30 Å². The molecule has 94 valence electrons. The first-order valence-corrected chi connectivity index (χ1v) is 4.77.